The number of aromatic hydroxyl groups is 1. The average Bonchev–Trinajstić information content (AvgIpc) is 2.01. The summed E-state index contributed by atoms with van der Waals surface area (Å²) in [5, 5.41) is 9.09. The fourth-order valence-corrected chi connectivity index (χ4v) is 0.874. The fraction of sp³-hybridized carbons (Fsp3) is 0.333. The molecule has 0 aliphatic carbocycles. The molecule has 3 N–H and O–H groups in total. The van der Waals surface area contributed by atoms with Crippen LogP contribution in [0.1, 0.15) is 12.5 Å². The Morgan fingerprint density at radius 1 is 1.58 bits per heavy atom. The number of hydrogen-bond donors (Lipinski definition) is 2. The summed E-state index contributed by atoms with van der Waals surface area (Å²) in [6.45, 7) is 2.20. The van der Waals surface area contributed by atoms with Crippen molar-refractivity contribution in [2.75, 3.05) is 0 Å². The Hall–Kier alpha value is -1.06. The van der Waals surface area contributed by atoms with E-state index in [4.69, 9.17) is 15.6 Å². The summed E-state index contributed by atoms with van der Waals surface area (Å²) < 4.78 is 5.15. The van der Waals surface area contributed by atoms with Crippen LogP contribution in [-0.4, -0.2) is 11.3 Å². The van der Waals surface area contributed by atoms with Gasteiger partial charge < -0.3 is 15.6 Å². The maximum Gasteiger partial charge on any atom is 0.115 e. The highest BCUT2D eigenvalue weighted by molar-refractivity contribution is 5.26. The zero-order valence-electron chi connectivity index (χ0n) is 7.03. The number of ether oxygens (including phenoxy) is 1. The molecule has 1 aromatic carbocycles. The van der Waals surface area contributed by atoms with Crippen molar-refractivity contribution in [1.29, 1.82) is 0 Å². The Labute approximate surface area is 71.8 Å². The molecule has 1 aromatic rings. The van der Waals surface area contributed by atoms with Crippen LogP contribution in [0.4, 0.5) is 0 Å². The molecular formula is C9H13NO2. The summed E-state index contributed by atoms with van der Waals surface area (Å²) in [5.74, 6) is 0.251. The zero-order valence-corrected chi connectivity index (χ0v) is 7.03. The van der Waals surface area contributed by atoms with Gasteiger partial charge in [0.05, 0.1) is 6.61 Å². The smallest absolute Gasteiger partial charge is 0.115 e. The molecule has 66 valence electrons. The monoisotopic (exact) mass is 167 g/mol. The summed E-state index contributed by atoms with van der Waals surface area (Å²) in [6, 6.07) is 6.93. The van der Waals surface area contributed by atoms with Crippen LogP contribution in [0.15, 0.2) is 24.3 Å². The van der Waals surface area contributed by atoms with Gasteiger partial charge in [0.15, 0.2) is 0 Å². The molecule has 0 heterocycles. The normalized spacial score (nSPS) is 12.8. The second kappa shape index (κ2) is 4.09. The minimum absolute atomic E-state index is 0.251. The maximum atomic E-state index is 9.09. The Kier molecular flexibility index (Phi) is 3.08. The van der Waals surface area contributed by atoms with E-state index in [9.17, 15) is 0 Å². The van der Waals surface area contributed by atoms with E-state index in [2.05, 4.69) is 0 Å². The van der Waals surface area contributed by atoms with Crippen LogP contribution in [0.2, 0.25) is 0 Å². The molecule has 0 amide bonds. The predicted octanol–water partition coefficient (Wildman–Crippen LogP) is 1.21. The van der Waals surface area contributed by atoms with E-state index in [-0.39, 0.29) is 12.0 Å². The molecule has 1 unspecified atom stereocenters. The lowest BCUT2D eigenvalue weighted by Gasteiger charge is -2.07. The molecule has 0 saturated heterocycles. The van der Waals surface area contributed by atoms with Crippen molar-refractivity contribution in [3.8, 4) is 5.75 Å². The molecule has 3 heteroatoms. The van der Waals surface area contributed by atoms with Crippen molar-refractivity contribution in [3.05, 3.63) is 29.8 Å². The van der Waals surface area contributed by atoms with Crippen LogP contribution >= 0.6 is 0 Å². The predicted molar refractivity (Wildman–Crippen MR) is 46.5 cm³/mol. The zero-order chi connectivity index (χ0) is 8.97. The lowest BCUT2D eigenvalue weighted by Crippen LogP contribution is -2.18. The molecule has 0 radical (unpaired) electrons. The molecular weight excluding hydrogens is 154 g/mol. The van der Waals surface area contributed by atoms with Gasteiger partial charge >= 0.3 is 0 Å². The highest BCUT2D eigenvalue weighted by Crippen LogP contribution is 2.11. The molecule has 1 atom stereocenters. The van der Waals surface area contributed by atoms with Gasteiger partial charge in [-0.25, -0.2) is 0 Å². The standard InChI is InChI=1S/C9H13NO2/c1-7(10)12-6-8-3-2-4-9(11)5-8/h2-5,7,11H,6,10H2,1H3. The van der Waals surface area contributed by atoms with Gasteiger partial charge in [-0.1, -0.05) is 12.1 Å². The van der Waals surface area contributed by atoms with E-state index in [1.807, 2.05) is 6.07 Å². The molecule has 0 aliphatic rings. The first-order chi connectivity index (χ1) is 5.68. The summed E-state index contributed by atoms with van der Waals surface area (Å²) in [6.07, 6.45) is -0.271. The number of phenols is 1. The Balaban J connectivity index is 2.52. The van der Waals surface area contributed by atoms with Crippen molar-refractivity contribution in [1.82, 2.24) is 0 Å². The van der Waals surface area contributed by atoms with Gasteiger partial charge in [-0.2, -0.15) is 0 Å². The third kappa shape index (κ3) is 2.90. The van der Waals surface area contributed by atoms with Crippen molar-refractivity contribution in [3.63, 3.8) is 0 Å². The molecule has 1 rings (SSSR count). The molecule has 0 aromatic heterocycles. The molecule has 3 nitrogen and oxygen atoms in total. The van der Waals surface area contributed by atoms with E-state index < -0.39 is 0 Å². The maximum absolute atomic E-state index is 9.09. The van der Waals surface area contributed by atoms with Crippen LogP contribution in [0.25, 0.3) is 0 Å². The topological polar surface area (TPSA) is 55.5 Å². The van der Waals surface area contributed by atoms with Gasteiger partial charge in [-0.05, 0) is 24.6 Å². The molecule has 0 bridgehead atoms. The van der Waals surface area contributed by atoms with E-state index in [0.29, 0.717) is 6.61 Å². The SMILES string of the molecule is CC(N)OCc1cccc(O)c1. The third-order valence-electron chi connectivity index (χ3n) is 1.42. The second-order valence-corrected chi connectivity index (χ2v) is 2.69. The lowest BCUT2D eigenvalue weighted by molar-refractivity contribution is 0.0575. The molecule has 0 spiro atoms. The Bertz CT molecular complexity index is 248. The summed E-state index contributed by atoms with van der Waals surface area (Å²) >= 11 is 0. The first-order valence-electron chi connectivity index (χ1n) is 3.83. The molecule has 12 heavy (non-hydrogen) atoms. The number of rotatable bonds is 3. The van der Waals surface area contributed by atoms with Gasteiger partial charge in [-0.15, -0.1) is 0 Å². The van der Waals surface area contributed by atoms with E-state index >= 15 is 0 Å². The van der Waals surface area contributed by atoms with Crippen LogP contribution in [0.5, 0.6) is 5.75 Å². The minimum atomic E-state index is -0.271. The Morgan fingerprint density at radius 3 is 2.92 bits per heavy atom. The van der Waals surface area contributed by atoms with Crippen molar-refractivity contribution in [2.45, 2.75) is 19.8 Å². The number of phenolic OH excluding ortho intramolecular Hbond substituents is 1. The van der Waals surface area contributed by atoms with Crippen molar-refractivity contribution >= 4 is 0 Å². The first-order valence-corrected chi connectivity index (χ1v) is 3.83. The third-order valence-corrected chi connectivity index (χ3v) is 1.42. The second-order valence-electron chi connectivity index (χ2n) is 2.69. The van der Waals surface area contributed by atoms with Crippen LogP contribution in [-0.2, 0) is 11.3 Å². The summed E-state index contributed by atoms with van der Waals surface area (Å²) in [7, 11) is 0. The van der Waals surface area contributed by atoms with Gasteiger partial charge in [0.2, 0.25) is 0 Å². The highest BCUT2D eigenvalue weighted by atomic mass is 16.5. The van der Waals surface area contributed by atoms with Gasteiger partial charge in [0, 0.05) is 0 Å². The minimum Gasteiger partial charge on any atom is -0.508 e. The summed E-state index contributed by atoms with van der Waals surface area (Å²) in [4.78, 5) is 0. The molecule has 0 saturated carbocycles. The largest absolute Gasteiger partial charge is 0.508 e. The van der Waals surface area contributed by atoms with E-state index in [1.54, 1.807) is 25.1 Å². The van der Waals surface area contributed by atoms with Crippen molar-refractivity contribution in [2.24, 2.45) is 5.73 Å². The fourth-order valence-electron chi connectivity index (χ4n) is 0.874. The number of nitrogens with two attached hydrogens (primary N) is 1. The average molecular weight is 167 g/mol. The highest BCUT2D eigenvalue weighted by Gasteiger charge is 1.96. The van der Waals surface area contributed by atoms with Gasteiger partial charge in [-0.3, -0.25) is 0 Å². The number of benzene rings is 1. The molecule has 0 aliphatic heterocycles. The van der Waals surface area contributed by atoms with Crippen LogP contribution in [0, 0.1) is 0 Å². The van der Waals surface area contributed by atoms with Crippen LogP contribution < -0.4 is 5.73 Å². The van der Waals surface area contributed by atoms with Crippen molar-refractivity contribution < 1.29 is 9.84 Å². The van der Waals surface area contributed by atoms with Crippen LogP contribution in [0.3, 0.4) is 0 Å². The molecule has 0 fully saturated rings. The first kappa shape index (κ1) is 9.03. The van der Waals surface area contributed by atoms with Gasteiger partial charge in [0.1, 0.15) is 12.0 Å². The van der Waals surface area contributed by atoms with E-state index in [1.165, 1.54) is 0 Å². The summed E-state index contributed by atoms with van der Waals surface area (Å²) in [5.41, 5.74) is 6.32. The lowest BCUT2D eigenvalue weighted by atomic mass is 10.2. The van der Waals surface area contributed by atoms with Gasteiger partial charge in [0.25, 0.3) is 0 Å². The number of hydrogen-bond acceptors (Lipinski definition) is 3. The quantitative estimate of drug-likeness (QED) is 0.665. The van der Waals surface area contributed by atoms with E-state index in [0.717, 1.165) is 5.56 Å². The Morgan fingerprint density at radius 2 is 2.33 bits per heavy atom.